The van der Waals surface area contributed by atoms with E-state index in [1.807, 2.05) is 0 Å². The first-order valence-corrected chi connectivity index (χ1v) is 8.11. The van der Waals surface area contributed by atoms with Crippen LogP contribution in [0.2, 0.25) is 5.02 Å². The van der Waals surface area contributed by atoms with E-state index >= 15 is 0 Å². The molecule has 0 aliphatic heterocycles. The predicted molar refractivity (Wildman–Crippen MR) is 97.9 cm³/mol. The van der Waals surface area contributed by atoms with Crippen LogP contribution in [0.1, 0.15) is 24.3 Å². The SMILES string of the molecule is COc1cc(NC(=O)c2cc(NCC(C)C)ncn2)c(OC)cc1Cl. The molecule has 0 unspecified atom stereocenters. The molecule has 25 heavy (non-hydrogen) atoms. The Bertz CT molecular complexity index is 753. The summed E-state index contributed by atoms with van der Waals surface area (Å²) in [6.45, 7) is 4.92. The van der Waals surface area contributed by atoms with Crippen molar-refractivity contribution in [1.29, 1.82) is 0 Å². The van der Waals surface area contributed by atoms with Gasteiger partial charge < -0.3 is 20.1 Å². The Morgan fingerprint density at radius 2 is 1.88 bits per heavy atom. The fourth-order valence-corrected chi connectivity index (χ4v) is 2.26. The highest BCUT2D eigenvalue weighted by Crippen LogP contribution is 2.36. The number of ether oxygens (including phenoxy) is 2. The fraction of sp³-hybridized carbons (Fsp3) is 0.353. The molecule has 0 saturated carbocycles. The van der Waals surface area contributed by atoms with E-state index in [4.69, 9.17) is 21.1 Å². The lowest BCUT2D eigenvalue weighted by molar-refractivity contribution is 0.102. The largest absolute Gasteiger partial charge is 0.495 e. The van der Waals surface area contributed by atoms with Crippen molar-refractivity contribution < 1.29 is 14.3 Å². The normalized spacial score (nSPS) is 10.5. The highest BCUT2D eigenvalue weighted by Gasteiger charge is 2.15. The Labute approximate surface area is 151 Å². The lowest BCUT2D eigenvalue weighted by Gasteiger charge is -2.13. The van der Waals surface area contributed by atoms with Gasteiger partial charge in [-0.25, -0.2) is 9.97 Å². The Hall–Kier alpha value is -2.54. The highest BCUT2D eigenvalue weighted by atomic mass is 35.5. The third kappa shape index (κ3) is 4.96. The van der Waals surface area contributed by atoms with Gasteiger partial charge in [-0.15, -0.1) is 0 Å². The van der Waals surface area contributed by atoms with Gasteiger partial charge in [0, 0.05) is 24.7 Å². The number of methoxy groups -OCH3 is 2. The first-order chi connectivity index (χ1) is 11.9. The number of rotatable bonds is 7. The van der Waals surface area contributed by atoms with Gasteiger partial charge in [0.2, 0.25) is 0 Å². The predicted octanol–water partition coefficient (Wildman–Crippen LogP) is 3.47. The molecule has 0 fully saturated rings. The molecule has 7 nitrogen and oxygen atoms in total. The van der Waals surface area contributed by atoms with E-state index in [0.29, 0.717) is 33.9 Å². The maximum absolute atomic E-state index is 12.5. The summed E-state index contributed by atoms with van der Waals surface area (Å²) in [5, 5.41) is 6.30. The summed E-state index contributed by atoms with van der Waals surface area (Å²) in [6.07, 6.45) is 1.34. The van der Waals surface area contributed by atoms with Crippen LogP contribution in [0.25, 0.3) is 0 Å². The average molecular weight is 365 g/mol. The van der Waals surface area contributed by atoms with E-state index in [1.165, 1.54) is 20.5 Å². The molecule has 0 aliphatic rings. The van der Waals surface area contributed by atoms with Crippen LogP contribution in [0.3, 0.4) is 0 Å². The Balaban J connectivity index is 2.21. The maximum Gasteiger partial charge on any atom is 0.274 e. The number of carbonyl (C=O) groups is 1. The van der Waals surface area contributed by atoms with Crippen molar-refractivity contribution in [3.63, 3.8) is 0 Å². The van der Waals surface area contributed by atoms with Crippen LogP contribution in [0.5, 0.6) is 11.5 Å². The standard InChI is InChI=1S/C17H21ClN4O3/c1-10(2)8-19-16-7-13(20-9-21-16)17(23)22-12-6-14(24-3)11(18)5-15(12)25-4/h5-7,9-10H,8H2,1-4H3,(H,22,23)(H,19,20,21). The van der Waals surface area contributed by atoms with E-state index < -0.39 is 5.91 Å². The number of carbonyl (C=O) groups excluding carboxylic acids is 1. The van der Waals surface area contributed by atoms with Crippen LogP contribution < -0.4 is 20.1 Å². The fourth-order valence-electron chi connectivity index (χ4n) is 2.03. The quantitative estimate of drug-likeness (QED) is 0.782. The molecule has 1 aromatic carbocycles. The molecule has 0 saturated heterocycles. The van der Waals surface area contributed by atoms with E-state index in [9.17, 15) is 4.79 Å². The third-order valence-corrected chi connectivity index (χ3v) is 3.61. The highest BCUT2D eigenvalue weighted by molar-refractivity contribution is 6.32. The zero-order chi connectivity index (χ0) is 18.4. The number of nitrogens with one attached hydrogen (secondary N) is 2. The number of anilines is 2. The molecule has 8 heteroatoms. The molecule has 2 N–H and O–H groups in total. The first-order valence-electron chi connectivity index (χ1n) is 7.73. The molecule has 1 aromatic heterocycles. The molecule has 1 heterocycles. The number of hydrogen-bond donors (Lipinski definition) is 2. The van der Waals surface area contributed by atoms with Crippen LogP contribution >= 0.6 is 11.6 Å². The number of hydrogen-bond acceptors (Lipinski definition) is 6. The summed E-state index contributed by atoms with van der Waals surface area (Å²) in [5.74, 6) is 1.51. The topological polar surface area (TPSA) is 85.4 Å². The molecule has 134 valence electrons. The van der Waals surface area contributed by atoms with E-state index in [0.717, 1.165) is 6.54 Å². The molecule has 0 radical (unpaired) electrons. The van der Waals surface area contributed by atoms with Crippen molar-refractivity contribution in [1.82, 2.24) is 9.97 Å². The van der Waals surface area contributed by atoms with Gasteiger partial charge >= 0.3 is 0 Å². The van der Waals surface area contributed by atoms with E-state index in [-0.39, 0.29) is 5.69 Å². The Morgan fingerprint density at radius 1 is 1.16 bits per heavy atom. The maximum atomic E-state index is 12.5. The monoisotopic (exact) mass is 364 g/mol. The van der Waals surface area contributed by atoms with Crippen LogP contribution in [-0.4, -0.2) is 36.6 Å². The van der Waals surface area contributed by atoms with Gasteiger partial charge in [-0.2, -0.15) is 0 Å². The third-order valence-electron chi connectivity index (χ3n) is 3.31. The zero-order valence-electron chi connectivity index (χ0n) is 14.6. The molecule has 2 aromatic rings. The van der Waals surface area contributed by atoms with Crippen LogP contribution in [0, 0.1) is 5.92 Å². The molecule has 2 rings (SSSR count). The van der Waals surface area contributed by atoms with Gasteiger partial charge in [-0.05, 0) is 5.92 Å². The lowest BCUT2D eigenvalue weighted by Crippen LogP contribution is -2.16. The van der Waals surface area contributed by atoms with Crippen LogP contribution in [0.15, 0.2) is 24.5 Å². The smallest absolute Gasteiger partial charge is 0.274 e. The summed E-state index contributed by atoms with van der Waals surface area (Å²) in [4.78, 5) is 20.6. The number of benzene rings is 1. The van der Waals surface area contributed by atoms with Gasteiger partial charge in [0.25, 0.3) is 5.91 Å². The second-order valence-corrected chi connectivity index (χ2v) is 6.11. The van der Waals surface area contributed by atoms with Gasteiger partial charge in [0.1, 0.15) is 29.3 Å². The van der Waals surface area contributed by atoms with E-state index in [1.54, 1.807) is 18.2 Å². The zero-order valence-corrected chi connectivity index (χ0v) is 15.3. The molecule has 1 amide bonds. The molecule has 0 aliphatic carbocycles. The number of amides is 1. The second-order valence-electron chi connectivity index (χ2n) is 5.70. The molecule has 0 spiro atoms. The summed E-state index contributed by atoms with van der Waals surface area (Å²) < 4.78 is 10.4. The summed E-state index contributed by atoms with van der Waals surface area (Å²) in [5.41, 5.74) is 0.668. The minimum Gasteiger partial charge on any atom is -0.495 e. The Morgan fingerprint density at radius 3 is 2.52 bits per heavy atom. The van der Waals surface area contributed by atoms with Gasteiger partial charge in [0.05, 0.1) is 24.9 Å². The van der Waals surface area contributed by atoms with Crippen molar-refractivity contribution in [2.45, 2.75) is 13.8 Å². The van der Waals surface area contributed by atoms with Crippen molar-refractivity contribution in [3.05, 3.63) is 35.2 Å². The van der Waals surface area contributed by atoms with Crippen molar-refractivity contribution in [2.75, 3.05) is 31.4 Å². The first kappa shape index (κ1) is 18.8. The molecule has 0 atom stereocenters. The number of aromatic nitrogens is 2. The second kappa shape index (κ2) is 8.53. The molecular formula is C17H21ClN4O3. The Kier molecular flexibility index (Phi) is 6.41. The minimum absolute atomic E-state index is 0.234. The summed E-state index contributed by atoms with van der Waals surface area (Å²) >= 11 is 6.07. The molecular weight excluding hydrogens is 344 g/mol. The minimum atomic E-state index is -0.391. The van der Waals surface area contributed by atoms with Crippen LogP contribution in [0.4, 0.5) is 11.5 Å². The van der Waals surface area contributed by atoms with Gasteiger partial charge in [-0.3, -0.25) is 4.79 Å². The van der Waals surface area contributed by atoms with Crippen LogP contribution in [-0.2, 0) is 0 Å². The van der Waals surface area contributed by atoms with Gasteiger partial charge in [0.15, 0.2) is 0 Å². The average Bonchev–Trinajstić information content (AvgIpc) is 2.61. The lowest BCUT2D eigenvalue weighted by atomic mass is 10.2. The summed E-state index contributed by atoms with van der Waals surface area (Å²) in [7, 11) is 2.99. The van der Waals surface area contributed by atoms with Crippen molar-refractivity contribution >= 4 is 29.0 Å². The number of nitrogens with zero attached hydrogens (tertiary/aromatic N) is 2. The number of halogens is 1. The van der Waals surface area contributed by atoms with Crippen molar-refractivity contribution in [2.24, 2.45) is 5.92 Å². The van der Waals surface area contributed by atoms with Gasteiger partial charge in [-0.1, -0.05) is 25.4 Å². The summed E-state index contributed by atoms with van der Waals surface area (Å²) in [6, 6.07) is 4.77. The van der Waals surface area contributed by atoms with Crippen molar-refractivity contribution in [3.8, 4) is 11.5 Å². The van der Waals surface area contributed by atoms with E-state index in [2.05, 4.69) is 34.4 Å². The molecule has 0 bridgehead atoms.